The number of benzene rings is 1. The Balaban J connectivity index is 2.15. The van der Waals surface area contributed by atoms with Crippen LogP contribution >= 0.6 is 0 Å². The zero-order chi connectivity index (χ0) is 17.7. The maximum atomic E-state index is 12.3. The molecule has 1 aromatic carbocycles. The van der Waals surface area contributed by atoms with Crippen LogP contribution in [0.2, 0.25) is 0 Å². The van der Waals surface area contributed by atoms with Crippen LogP contribution in [0.5, 0.6) is 0 Å². The second kappa shape index (κ2) is 7.77. The maximum Gasteiger partial charge on any atom is 0.269 e. The number of carbonyl (C=O) groups excluding carboxylic acids is 2. The van der Waals surface area contributed by atoms with Gasteiger partial charge in [-0.1, -0.05) is 37.2 Å². The summed E-state index contributed by atoms with van der Waals surface area (Å²) in [6, 6.07) is 7.13. The van der Waals surface area contributed by atoms with E-state index in [1.165, 1.54) is 6.92 Å². The molecule has 1 amide bonds. The van der Waals surface area contributed by atoms with E-state index in [1.807, 2.05) is 44.3 Å². The molecule has 3 N–H and O–H groups in total. The van der Waals surface area contributed by atoms with E-state index >= 15 is 0 Å². The van der Waals surface area contributed by atoms with Crippen molar-refractivity contribution in [1.82, 2.24) is 10.3 Å². The van der Waals surface area contributed by atoms with E-state index in [4.69, 9.17) is 5.21 Å². The highest BCUT2D eigenvalue weighted by Gasteiger charge is 2.22. The maximum absolute atomic E-state index is 12.3. The topological polar surface area (TPSA) is 94.5 Å². The number of aromatic amines is 1. The summed E-state index contributed by atoms with van der Waals surface area (Å²) in [5.41, 5.74) is 1.98. The molecular formula is C18H23N3O3. The van der Waals surface area contributed by atoms with Gasteiger partial charge in [0.05, 0.1) is 6.04 Å². The van der Waals surface area contributed by atoms with Gasteiger partial charge in [0.25, 0.3) is 5.91 Å². The Hall–Kier alpha value is -2.63. The summed E-state index contributed by atoms with van der Waals surface area (Å²) in [6.07, 6.45) is 2.58. The first-order valence-electron chi connectivity index (χ1n) is 7.99. The van der Waals surface area contributed by atoms with Crippen molar-refractivity contribution in [3.63, 3.8) is 0 Å². The van der Waals surface area contributed by atoms with Gasteiger partial charge >= 0.3 is 0 Å². The average Bonchev–Trinajstić information content (AvgIpc) is 2.94. The lowest BCUT2D eigenvalue weighted by Gasteiger charge is -2.16. The molecule has 0 saturated carbocycles. The summed E-state index contributed by atoms with van der Waals surface area (Å²) >= 11 is 0. The lowest BCUT2D eigenvalue weighted by Crippen LogP contribution is -2.44. The summed E-state index contributed by atoms with van der Waals surface area (Å²) < 4.78 is 0. The minimum absolute atomic E-state index is 0.0372. The molecule has 0 saturated heterocycles. The number of nitrogens with one attached hydrogen (secondary N) is 2. The number of aromatic nitrogens is 1. The Morgan fingerprint density at radius 2 is 2.00 bits per heavy atom. The van der Waals surface area contributed by atoms with Gasteiger partial charge in [0.2, 0.25) is 0 Å². The van der Waals surface area contributed by atoms with Crippen LogP contribution in [-0.2, 0) is 16.0 Å². The molecule has 0 spiro atoms. The molecule has 0 aliphatic rings. The quantitative estimate of drug-likeness (QED) is 0.414. The third-order valence-electron chi connectivity index (χ3n) is 3.88. The molecule has 128 valence electrons. The van der Waals surface area contributed by atoms with Crippen molar-refractivity contribution in [2.24, 2.45) is 11.1 Å². The van der Waals surface area contributed by atoms with Gasteiger partial charge in [-0.15, -0.1) is 0 Å². The van der Waals surface area contributed by atoms with Crippen LogP contribution < -0.4 is 5.32 Å². The Bertz CT molecular complexity index is 762. The molecule has 6 heteroatoms. The fourth-order valence-electron chi connectivity index (χ4n) is 2.62. The number of para-hydroxylation sites is 1. The van der Waals surface area contributed by atoms with E-state index in [2.05, 4.69) is 15.5 Å². The Kier molecular flexibility index (Phi) is 5.73. The van der Waals surface area contributed by atoms with Gasteiger partial charge in [-0.2, -0.15) is 0 Å². The number of ketones is 1. The number of hydrogen-bond acceptors (Lipinski definition) is 4. The smallest absolute Gasteiger partial charge is 0.269 e. The molecule has 1 atom stereocenters. The van der Waals surface area contributed by atoms with Crippen molar-refractivity contribution in [2.45, 2.75) is 39.7 Å². The van der Waals surface area contributed by atoms with Gasteiger partial charge in [-0.25, -0.2) is 0 Å². The molecule has 2 aromatic rings. The van der Waals surface area contributed by atoms with Crippen LogP contribution in [0.3, 0.4) is 0 Å². The summed E-state index contributed by atoms with van der Waals surface area (Å²) in [5.74, 6) is -0.479. The number of hydrogen-bond donors (Lipinski definition) is 3. The molecule has 0 aliphatic carbocycles. The van der Waals surface area contributed by atoms with E-state index in [1.54, 1.807) is 0 Å². The summed E-state index contributed by atoms with van der Waals surface area (Å²) in [7, 11) is 0. The van der Waals surface area contributed by atoms with Crippen LogP contribution in [0.25, 0.3) is 10.9 Å². The van der Waals surface area contributed by atoms with Gasteiger partial charge < -0.3 is 15.5 Å². The standard InChI is InChI=1S/C18H23N3O3/c1-11(2)8-17(21-24)18(23)20-16(12(3)22)9-13-10-19-15-7-5-4-6-14(13)15/h4-7,10-11,16,19,24H,8-9H2,1-3H3,(H,20,23). The van der Waals surface area contributed by atoms with Crippen molar-refractivity contribution >= 4 is 28.3 Å². The summed E-state index contributed by atoms with van der Waals surface area (Å²) in [4.78, 5) is 27.4. The van der Waals surface area contributed by atoms with E-state index in [-0.39, 0.29) is 17.4 Å². The average molecular weight is 329 g/mol. The number of carbonyl (C=O) groups is 2. The predicted octanol–water partition coefficient (Wildman–Crippen LogP) is 2.66. The Morgan fingerprint density at radius 1 is 1.29 bits per heavy atom. The van der Waals surface area contributed by atoms with Crippen LogP contribution in [0.1, 0.15) is 32.8 Å². The van der Waals surface area contributed by atoms with Crippen LogP contribution in [0.4, 0.5) is 0 Å². The zero-order valence-corrected chi connectivity index (χ0v) is 14.2. The number of oxime groups is 1. The van der Waals surface area contributed by atoms with Gasteiger partial charge in [-0.3, -0.25) is 9.59 Å². The minimum Gasteiger partial charge on any atom is -0.410 e. The highest BCUT2D eigenvalue weighted by atomic mass is 16.4. The molecule has 0 aliphatic heterocycles. The molecule has 6 nitrogen and oxygen atoms in total. The first-order chi connectivity index (χ1) is 11.4. The molecule has 0 radical (unpaired) electrons. The third-order valence-corrected chi connectivity index (χ3v) is 3.88. The number of Topliss-reactive ketones (excluding diaryl/α,β-unsaturated/α-hetero) is 1. The largest absolute Gasteiger partial charge is 0.410 e. The van der Waals surface area contributed by atoms with E-state index in [9.17, 15) is 9.59 Å². The van der Waals surface area contributed by atoms with Crippen molar-refractivity contribution in [1.29, 1.82) is 0 Å². The van der Waals surface area contributed by atoms with Gasteiger partial charge in [-0.05, 0) is 24.5 Å². The molecular weight excluding hydrogens is 306 g/mol. The molecule has 24 heavy (non-hydrogen) atoms. The van der Waals surface area contributed by atoms with Gasteiger partial charge in [0.15, 0.2) is 5.78 Å². The second-order valence-electron chi connectivity index (χ2n) is 6.34. The fourth-order valence-corrected chi connectivity index (χ4v) is 2.62. The Morgan fingerprint density at radius 3 is 2.62 bits per heavy atom. The number of fused-ring (bicyclic) bond motifs is 1. The first-order valence-corrected chi connectivity index (χ1v) is 7.99. The van der Waals surface area contributed by atoms with Crippen molar-refractivity contribution in [3.05, 3.63) is 36.0 Å². The molecule has 0 bridgehead atoms. The van der Waals surface area contributed by atoms with E-state index < -0.39 is 11.9 Å². The summed E-state index contributed by atoms with van der Waals surface area (Å²) in [5, 5.41) is 15.8. The lowest BCUT2D eigenvalue weighted by molar-refractivity contribution is -0.123. The van der Waals surface area contributed by atoms with Gasteiger partial charge in [0.1, 0.15) is 5.71 Å². The number of rotatable bonds is 7. The second-order valence-corrected chi connectivity index (χ2v) is 6.34. The van der Waals surface area contributed by atoms with E-state index in [0.29, 0.717) is 12.8 Å². The number of H-pyrrole nitrogens is 1. The van der Waals surface area contributed by atoms with Gasteiger partial charge in [0, 0.05) is 29.9 Å². The molecule has 1 heterocycles. The summed E-state index contributed by atoms with van der Waals surface area (Å²) in [6.45, 7) is 5.29. The third kappa shape index (κ3) is 4.22. The monoisotopic (exact) mass is 329 g/mol. The lowest BCUT2D eigenvalue weighted by atomic mass is 10.0. The zero-order valence-electron chi connectivity index (χ0n) is 14.2. The highest BCUT2D eigenvalue weighted by molar-refractivity contribution is 6.39. The molecule has 0 fully saturated rings. The van der Waals surface area contributed by atoms with E-state index in [0.717, 1.165) is 16.5 Å². The van der Waals surface area contributed by atoms with Crippen molar-refractivity contribution < 1.29 is 14.8 Å². The molecule has 2 rings (SSSR count). The molecule has 1 unspecified atom stereocenters. The number of nitrogens with zero attached hydrogens (tertiary/aromatic N) is 1. The van der Waals surface area contributed by atoms with Crippen molar-refractivity contribution in [2.75, 3.05) is 0 Å². The van der Waals surface area contributed by atoms with Crippen LogP contribution in [0, 0.1) is 5.92 Å². The minimum atomic E-state index is -0.666. The predicted molar refractivity (Wildman–Crippen MR) is 93.3 cm³/mol. The van der Waals surface area contributed by atoms with Crippen molar-refractivity contribution in [3.8, 4) is 0 Å². The normalized spacial score (nSPS) is 13.2. The highest BCUT2D eigenvalue weighted by Crippen LogP contribution is 2.19. The number of amides is 1. The van der Waals surface area contributed by atoms with Crippen LogP contribution in [0.15, 0.2) is 35.6 Å². The fraction of sp³-hybridized carbons (Fsp3) is 0.389. The SMILES string of the molecule is CC(=O)C(Cc1c[nH]c2ccccc12)NC(=O)C(CC(C)C)=NO. The first kappa shape index (κ1) is 17.7. The Labute approximate surface area is 140 Å². The van der Waals surface area contributed by atoms with Crippen LogP contribution in [-0.4, -0.2) is 33.6 Å². The molecule has 1 aromatic heterocycles.